The maximum atomic E-state index is 12.5. The minimum Gasteiger partial charge on any atom is -0.504 e. The fourth-order valence-corrected chi connectivity index (χ4v) is 2.73. The Bertz CT molecular complexity index is 1150. The summed E-state index contributed by atoms with van der Waals surface area (Å²) in [6.07, 6.45) is 4.20. The molecule has 2 aromatic carbocycles. The van der Waals surface area contributed by atoms with E-state index < -0.39 is 11.8 Å². The summed E-state index contributed by atoms with van der Waals surface area (Å²) >= 11 is 0. The molecular formula is C20H16N6O3. The molecule has 0 fully saturated rings. The van der Waals surface area contributed by atoms with Crippen molar-refractivity contribution in [2.45, 2.75) is 0 Å². The van der Waals surface area contributed by atoms with Gasteiger partial charge in [0.05, 0.1) is 24.4 Å². The molecule has 9 nitrogen and oxygen atoms in total. The predicted molar refractivity (Wildman–Crippen MR) is 104 cm³/mol. The van der Waals surface area contributed by atoms with Gasteiger partial charge in [-0.05, 0) is 24.3 Å². The lowest BCUT2D eigenvalue weighted by Gasteiger charge is -2.09. The molecule has 0 spiro atoms. The smallest absolute Gasteiger partial charge is 0.294 e. The van der Waals surface area contributed by atoms with Gasteiger partial charge in [-0.3, -0.25) is 25.0 Å². The molecule has 29 heavy (non-hydrogen) atoms. The molecule has 0 aliphatic carbocycles. The van der Waals surface area contributed by atoms with Crippen molar-refractivity contribution in [2.75, 3.05) is 0 Å². The van der Waals surface area contributed by atoms with E-state index in [1.807, 2.05) is 48.5 Å². The number of carbonyl (C=O) groups is 2. The van der Waals surface area contributed by atoms with Gasteiger partial charge in [-0.1, -0.05) is 36.4 Å². The first-order chi connectivity index (χ1) is 14.1. The zero-order valence-electron chi connectivity index (χ0n) is 15.1. The van der Waals surface area contributed by atoms with Crippen LogP contribution in [-0.2, 0) is 0 Å². The minimum atomic E-state index is -0.753. The molecule has 0 radical (unpaired) electrons. The fraction of sp³-hybridized carbons (Fsp3) is 0. The second-order valence-corrected chi connectivity index (χ2v) is 6.04. The number of benzene rings is 2. The van der Waals surface area contributed by atoms with E-state index in [0.717, 1.165) is 5.69 Å². The average Bonchev–Trinajstić information content (AvgIpc) is 3.40. The molecule has 3 N–H and O–H groups in total. The van der Waals surface area contributed by atoms with Crippen molar-refractivity contribution >= 4 is 11.8 Å². The molecule has 0 bridgehead atoms. The summed E-state index contributed by atoms with van der Waals surface area (Å²) in [6, 6.07) is 18.2. The van der Waals surface area contributed by atoms with Gasteiger partial charge in [0.1, 0.15) is 5.69 Å². The van der Waals surface area contributed by atoms with Crippen LogP contribution in [0.3, 0.4) is 0 Å². The van der Waals surface area contributed by atoms with Crippen molar-refractivity contribution in [3.8, 4) is 17.1 Å². The Hall–Kier alpha value is -4.40. The topological polar surface area (TPSA) is 114 Å². The van der Waals surface area contributed by atoms with E-state index >= 15 is 0 Å². The number of carbonyl (C=O) groups excluding carboxylic acids is 2. The standard InChI is InChI=1S/C20H16N6O3/c27-17-12-26(15-9-5-2-6-10-15)24-18(17)20(29)23-22-19(28)16-11-21-13-25(16)14-7-3-1-4-8-14/h1-13,27H,(H,22,28)(H,23,29). The highest BCUT2D eigenvalue weighted by atomic mass is 16.3. The Labute approximate surface area is 165 Å². The summed E-state index contributed by atoms with van der Waals surface area (Å²) in [5, 5.41) is 14.1. The zero-order chi connectivity index (χ0) is 20.2. The third-order valence-corrected chi connectivity index (χ3v) is 4.13. The predicted octanol–water partition coefficient (Wildman–Crippen LogP) is 1.84. The van der Waals surface area contributed by atoms with E-state index in [1.54, 1.807) is 16.7 Å². The fourth-order valence-electron chi connectivity index (χ4n) is 2.73. The molecule has 0 atom stereocenters. The number of nitrogens with one attached hydrogen (secondary N) is 2. The van der Waals surface area contributed by atoms with Crippen LogP contribution < -0.4 is 10.9 Å². The Kier molecular flexibility index (Phi) is 4.77. The summed E-state index contributed by atoms with van der Waals surface area (Å²) in [4.78, 5) is 28.8. The third kappa shape index (κ3) is 3.69. The van der Waals surface area contributed by atoms with Crippen molar-refractivity contribution in [3.05, 3.63) is 90.8 Å². The summed E-state index contributed by atoms with van der Waals surface area (Å²) in [5.74, 6) is -1.63. The first kappa shape index (κ1) is 18.0. The van der Waals surface area contributed by atoms with Gasteiger partial charge < -0.3 is 5.11 Å². The van der Waals surface area contributed by atoms with Crippen molar-refractivity contribution in [2.24, 2.45) is 0 Å². The highest BCUT2D eigenvalue weighted by molar-refractivity contribution is 5.98. The van der Waals surface area contributed by atoms with Crippen LogP contribution in [0.2, 0.25) is 0 Å². The van der Waals surface area contributed by atoms with Crippen LogP contribution in [0.4, 0.5) is 0 Å². The van der Waals surface area contributed by atoms with E-state index in [1.165, 1.54) is 23.4 Å². The molecule has 0 aliphatic rings. The Morgan fingerprint density at radius 2 is 1.48 bits per heavy atom. The third-order valence-electron chi connectivity index (χ3n) is 4.13. The first-order valence-corrected chi connectivity index (χ1v) is 8.66. The number of para-hydroxylation sites is 2. The van der Waals surface area contributed by atoms with E-state index in [4.69, 9.17) is 0 Å². The molecule has 2 aromatic heterocycles. The largest absolute Gasteiger partial charge is 0.504 e. The van der Waals surface area contributed by atoms with Crippen LogP contribution in [0.25, 0.3) is 11.4 Å². The Morgan fingerprint density at radius 3 is 2.17 bits per heavy atom. The van der Waals surface area contributed by atoms with E-state index in [-0.39, 0.29) is 17.1 Å². The molecule has 4 aromatic rings. The second kappa shape index (κ2) is 7.69. The Morgan fingerprint density at radius 1 is 0.862 bits per heavy atom. The van der Waals surface area contributed by atoms with Crippen molar-refractivity contribution in [1.82, 2.24) is 30.2 Å². The van der Waals surface area contributed by atoms with E-state index in [9.17, 15) is 14.7 Å². The maximum Gasteiger partial charge on any atom is 0.294 e. The van der Waals surface area contributed by atoms with E-state index in [0.29, 0.717) is 5.69 Å². The normalized spacial score (nSPS) is 10.5. The lowest BCUT2D eigenvalue weighted by Crippen LogP contribution is -2.42. The number of imidazole rings is 1. The van der Waals surface area contributed by atoms with Crippen LogP contribution >= 0.6 is 0 Å². The molecule has 0 aliphatic heterocycles. The number of hydrogen-bond acceptors (Lipinski definition) is 5. The van der Waals surface area contributed by atoms with Crippen LogP contribution in [0, 0.1) is 0 Å². The van der Waals surface area contributed by atoms with Crippen LogP contribution in [0.1, 0.15) is 21.0 Å². The molecule has 0 saturated carbocycles. The maximum absolute atomic E-state index is 12.5. The SMILES string of the molecule is O=C(NNC(=O)c1cncn1-c1ccccc1)c1nn(-c2ccccc2)cc1O. The Balaban J connectivity index is 1.47. The van der Waals surface area contributed by atoms with Gasteiger partial charge in [0.15, 0.2) is 11.4 Å². The molecule has 2 heterocycles. The van der Waals surface area contributed by atoms with Crippen LogP contribution in [-0.4, -0.2) is 36.3 Å². The highest BCUT2D eigenvalue weighted by Crippen LogP contribution is 2.17. The molecule has 4 rings (SSSR count). The number of hydrogen-bond donors (Lipinski definition) is 3. The first-order valence-electron chi connectivity index (χ1n) is 8.66. The molecule has 2 amide bonds. The molecule has 144 valence electrons. The van der Waals surface area contributed by atoms with Crippen LogP contribution in [0.5, 0.6) is 5.75 Å². The minimum absolute atomic E-state index is 0.217. The zero-order valence-corrected chi connectivity index (χ0v) is 15.1. The number of rotatable bonds is 4. The number of aromatic hydroxyl groups is 1. The second-order valence-electron chi connectivity index (χ2n) is 6.04. The van der Waals surface area contributed by atoms with Crippen LogP contribution in [0.15, 0.2) is 79.4 Å². The summed E-state index contributed by atoms with van der Waals surface area (Å²) in [6.45, 7) is 0. The van der Waals surface area contributed by atoms with Crippen molar-refractivity contribution in [1.29, 1.82) is 0 Å². The number of aromatic nitrogens is 4. The average molecular weight is 388 g/mol. The van der Waals surface area contributed by atoms with Crippen molar-refractivity contribution in [3.63, 3.8) is 0 Å². The molecular weight excluding hydrogens is 372 g/mol. The number of hydrazine groups is 1. The molecule has 0 saturated heterocycles. The highest BCUT2D eigenvalue weighted by Gasteiger charge is 2.19. The van der Waals surface area contributed by atoms with Crippen molar-refractivity contribution < 1.29 is 14.7 Å². The number of nitrogens with zero attached hydrogens (tertiary/aromatic N) is 4. The summed E-state index contributed by atoms with van der Waals surface area (Å²) < 4.78 is 2.96. The van der Waals surface area contributed by atoms with Gasteiger partial charge in [0.2, 0.25) is 0 Å². The van der Waals surface area contributed by atoms with Gasteiger partial charge >= 0.3 is 0 Å². The molecule has 0 unspecified atom stereocenters. The van der Waals surface area contributed by atoms with Gasteiger partial charge in [-0.2, -0.15) is 5.10 Å². The lowest BCUT2D eigenvalue weighted by molar-refractivity contribution is 0.0838. The summed E-state index contributed by atoms with van der Waals surface area (Å²) in [5.41, 5.74) is 6.01. The quantitative estimate of drug-likeness (QED) is 0.462. The number of amides is 2. The monoisotopic (exact) mass is 388 g/mol. The summed E-state index contributed by atoms with van der Waals surface area (Å²) in [7, 11) is 0. The lowest BCUT2D eigenvalue weighted by atomic mass is 10.3. The van der Waals surface area contributed by atoms with E-state index in [2.05, 4.69) is 20.9 Å². The molecule has 9 heteroatoms. The van der Waals surface area contributed by atoms with Gasteiger partial charge in [-0.25, -0.2) is 9.67 Å². The van der Waals surface area contributed by atoms with Gasteiger partial charge in [0, 0.05) is 5.69 Å². The van der Waals surface area contributed by atoms with Gasteiger partial charge in [-0.15, -0.1) is 0 Å². The van der Waals surface area contributed by atoms with Gasteiger partial charge in [0.25, 0.3) is 11.8 Å².